The van der Waals surface area contributed by atoms with Gasteiger partial charge in [0.25, 0.3) is 0 Å². The lowest BCUT2D eigenvalue weighted by molar-refractivity contribution is 0.231. The van der Waals surface area contributed by atoms with Crippen LogP contribution in [-0.4, -0.2) is 53.1 Å². The number of thiophene rings is 1. The third-order valence-electron chi connectivity index (χ3n) is 4.86. The first kappa shape index (κ1) is 19.9. The van der Waals surface area contributed by atoms with E-state index in [9.17, 15) is 12.8 Å². The maximum Gasteiger partial charge on any atom is 0.243 e. The van der Waals surface area contributed by atoms with Gasteiger partial charge in [-0.05, 0) is 53.6 Å². The number of tetrazole rings is 1. The first-order valence-electron chi connectivity index (χ1n) is 9.13. The lowest BCUT2D eigenvalue weighted by atomic mass is 10.00. The van der Waals surface area contributed by atoms with Gasteiger partial charge in [0.15, 0.2) is 11.6 Å². The summed E-state index contributed by atoms with van der Waals surface area (Å²) in [6.07, 6.45) is 1.58. The molecule has 1 aliphatic heterocycles. The van der Waals surface area contributed by atoms with E-state index >= 15 is 0 Å². The fourth-order valence-corrected chi connectivity index (χ4v) is 5.62. The predicted molar refractivity (Wildman–Crippen MR) is 106 cm³/mol. The van der Waals surface area contributed by atoms with Gasteiger partial charge in [0.2, 0.25) is 15.8 Å². The molecule has 0 amide bonds. The van der Waals surface area contributed by atoms with Gasteiger partial charge in [0.1, 0.15) is 0 Å². The summed E-state index contributed by atoms with van der Waals surface area (Å²) in [4.78, 5) is 2.38. The molecule has 1 aromatic carbocycles. The number of sulfonamides is 1. The first-order valence-corrected chi connectivity index (χ1v) is 11.4. The van der Waals surface area contributed by atoms with Gasteiger partial charge < -0.3 is 4.74 Å². The Morgan fingerprint density at radius 2 is 2.21 bits per heavy atom. The maximum absolute atomic E-state index is 14.0. The number of rotatable bonds is 6. The van der Waals surface area contributed by atoms with Crippen LogP contribution in [0.15, 0.2) is 40.6 Å². The Labute approximate surface area is 172 Å². The van der Waals surface area contributed by atoms with Crippen LogP contribution >= 0.6 is 11.3 Å². The molecule has 1 aliphatic rings. The summed E-state index contributed by atoms with van der Waals surface area (Å²) in [5, 5.41) is 14.5. The quantitative estimate of drug-likeness (QED) is 0.589. The Balaban J connectivity index is 1.47. The van der Waals surface area contributed by atoms with Crippen LogP contribution in [0.25, 0.3) is 10.7 Å². The maximum atomic E-state index is 14.0. The van der Waals surface area contributed by atoms with Gasteiger partial charge in [-0.3, -0.25) is 0 Å². The molecule has 3 heterocycles. The monoisotopic (exact) mass is 437 g/mol. The minimum Gasteiger partial charge on any atom is -0.494 e. The van der Waals surface area contributed by atoms with E-state index in [0.717, 1.165) is 23.8 Å². The number of hydrogen-bond acceptors (Lipinski definition) is 7. The fraction of sp³-hybridized carbons (Fsp3) is 0.389. The average Bonchev–Trinajstić information content (AvgIpc) is 3.40. The van der Waals surface area contributed by atoms with Gasteiger partial charge in [-0.15, -0.1) is 21.5 Å². The number of aromatic nitrogens is 4. The lowest BCUT2D eigenvalue weighted by Gasteiger charge is -2.31. The number of hydrogen-bond donors (Lipinski definition) is 0. The van der Waals surface area contributed by atoms with Crippen molar-refractivity contribution in [2.75, 3.05) is 20.2 Å². The van der Waals surface area contributed by atoms with E-state index in [1.807, 2.05) is 17.5 Å². The van der Waals surface area contributed by atoms with E-state index in [4.69, 9.17) is 4.74 Å². The van der Waals surface area contributed by atoms with Crippen molar-refractivity contribution in [3.63, 3.8) is 0 Å². The number of nitrogens with zero attached hydrogens (tertiary/aromatic N) is 5. The molecular weight excluding hydrogens is 417 g/mol. The predicted octanol–water partition coefficient (Wildman–Crippen LogP) is 2.65. The molecule has 3 aromatic rings. The molecule has 0 spiro atoms. The molecule has 1 saturated heterocycles. The molecule has 154 valence electrons. The third-order valence-corrected chi connectivity index (χ3v) is 7.59. The zero-order valence-electron chi connectivity index (χ0n) is 15.7. The van der Waals surface area contributed by atoms with Gasteiger partial charge >= 0.3 is 0 Å². The van der Waals surface area contributed by atoms with Crippen molar-refractivity contribution in [2.24, 2.45) is 5.92 Å². The fourth-order valence-electron chi connectivity index (χ4n) is 3.41. The molecule has 0 unspecified atom stereocenters. The van der Waals surface area contributed by atoms with Crippen LogP contribution < -0.4 is 4.74 Å². The Bertz CT molecular complexity index is 1080. The third kappa shape index (κ3) is 4.16. The zero-order valence-corrected chi connectivity index (χ0v) is 17.4. The van der Waals surface area contributed by atoms with Crippen molar-refractivity contribution in [3.05, 3.63) is 41.5 Å². The minimum absolute atomic E-state index is 0.0132. The highest BCUT2D eigenvalue weighted by atomic mass is 32.2. The molecular formula is C18H20FN5O3S2. The molecule has 8 nitrogen and oxygen atoms in total. The van der Waals surface area contributed by atoms with Crippen LogP contribution in [0.3, 0.4) is 0 Å². The second kappa shape index (κ2) is 8.17. The van der Waals surface area contributed by atoms with Gasteiger partial charge in [-0.1, -0.05) is 6.07 Å². The Morgan fingerprint density at radius 3 is 2.93 bits per heavy atom. The standard InChI is InChI=1S/C18H20FN5O3S2/c1-27-16-7-6-14(10-15(16)19)29(25,26)23-8-2-4-13(11-23)12-24-21-18(20-22-24)17-5-3-9-28-17/h3,5-7,9-10,13H,2,4,8,11-12H2,1H3/t13-/m1/s1. The summed E-state index contributed by atoms with van der Waals surface area (Å²) in [5.74, 6) is -0.0738. The summed E-state index contributed by atoms with van der Waals surface area (Å²) in [6, 6.07) is 7.55. The van der Waals surface area contributed by atoms with E-state index in [0.29, 0.717) is 25.5 Å². The molecule has 11 heteroatoms. The molecule has 2 aromatic heterocycles. The van der Waals surface area contributed by atoms with Crippen molar-refractivity contribution < 1.29 is 17.5 Å². The van der Waals surface area contributed by atoms with Crippen LogP contribution in [0, 0.1) is 11.7 Å². The molecule has 0 aliphatic carbocycles. The van der Waals surface area contributed by atoms with Crippen molar-refractivity contribution in [3.8, 4) is 16.5 Å². The Kier molecular flexibility index (Phi) is 5.61. The van der Waals surface area contributed by atoms with E-state index in [2.05, 4.69) is 15.4 Å². The number of halogens is 1. The zero-order chi connectivity index (χ0) is 20.4. The van der Waals surface area contributed by atoms with Crippen LogP contribution in [-0.2, 0) is 16.6 Å². The molecule has 0 radical (unpaired) electrons. The van der Waals surface area contributed by atoms with Crippen molar-refractivity contribution in [1.82, 2.24) is 24.5 Å². The highest BCUT2D eigenvalue weighted by Gasteiger charge is 2.31. The van der Waals surface area contributed by atoms with Crippen LogP contribution in [0.4, 0.5) is 4.39 Å². The molecule has 0 saturated carbocycles. The molecule has 1 fully saturated rings. The number of ether oxygens (including phenoxy) is 1. The summed E-state index contributed by atoms with van der Waals surface area (Å²) in [5.41, 5.74) is 0. The molecule has 1 atom stereocenters. The van der Waals surface area contributed by atoms with Gasteiger partial charge in [0, 0.05) is 13.1 Å². The lowest BCUT2D eigenvalue weighted by Crippen LogP contribution is -2.41. The number of benzene rings is 1. The van der Waals surface area contributed by atoms with Crippen molar-refractivity contribution >= 4 is 21.4 Å². The molecule has 0 bridgehead atoms. The Morgan fingerprint density at radius 1 is 1.34 bits per heavy atom. The summed E-state index contributed by atoms with van der Waals surface area (Å²) in [6.45, 7) is 1.20. The largest absolute Gasteiger partial charge is 0.494 e. The Hall–Kier alpha value is -2.37. The average molecular weight is 438 g/mol. The molecule has 0 N–H and O–H groups in total. The van der Waals surface area contributed by atoms with Crippen LogP contribution in [0.1, 0.15) is 12.8 Å². The topological polar surface area (TPSA) is 90.2 Å². The van der Waals surface area contributed by atoms with E-state index in [1.165, 1.54) is 39.7 Å². The second-order valence-corrected chi connectivity index (χ2v) is 9.70. The number of piperidine rings is 1. The van der Waals surface area contributed by atoms with E-state index in [1.54, 1.807) is 0 Å². The van der Waals surface area contributed by atoms with Gasteiger partial charge in [0.05, 0.1) is 23.4 Å². The number of methoxy groups -OCH3 is 1. The second-order valence-electron chi connectivity index (χ2n) is 6.81. The molecule has 4 rings (SSSR count). The smallest absolute Gasteiger partial charge is 0.243 e. The van der Waals surface area contributed by atoms with Gasteiger partial charge in [-0.2, -0.15) is 9.10 Å². The van der Waals surface area contributed by atoms with Crippen molar-refractivity contribution in [1.29, 1.82) is 0 Å². The first-order chi connectivity index (χ1) is 14.0. The molecule has 29 heavy (non-hydrogen) atoms. The van der Waals surface area contributed by atoms with Crippen molar-refractivity contribution in [2.45, 2.75) is 24.3 Å². The highest BCUT2D eigenvalue weighted by Crippen LogP contribution is 2.27. The van der Waals surface area contributed by atoms with E-state index in [-0.39, 0.29) is 16.6 Å². The highest BCUT2D eigenvalue weighted by molar-refractivity contribution is 7.89. The SMILES string of the molecule is COc1ccc(S(=O)(=O)N2CCC[C@@H](Cn3nnc(-c4cccs4)n3)C2)cc1F. The normalized spacial score (nSPS) is 18.1. The summed E-state index contributed by atoms with van der Waals surface area (Å²) < 4.78 is 46.2. The van der Waals surface area contributed by atoms with Gasteiger partial charge in [-0.25, -0.2) is 12.8 Å². The summed E-state index contributed by atoms with van der Waals surface area (Å²) in [7, 11) is -2.45. The van der Waals surface area contributed by atoms with Crippen LogP contribution in [0.2, 0.25) is 0 Å². The van der Waals surface area contributed by atoms with E-state index < -0.39 is 15.8 Å². The van der Waals surface area contributed by atoms with Crippen LogP contribution in [0.5, 0.6) is 5.75 Å². The summed E-state index contributed by atoms with van der Waals surface area (Å²) >= 11 is 1.54. The minimum atomic E-state index is -3.79.